The predicted octanol–water partition coefficient (Wildman–Crippen LogP) is 2.20. The van der Waals surface area contributed by atoms with Gasteiger partial charge in [-0.3, -0.25) is 0 Å². The van der Waals surface area contributed by atoms with Crippen LogP contribution >= 0.6 is 11.3 Å². The summed E-state index contributed by atoms with van der Waals surface area (Å²) in [4.78, 5) is 8.47. The smallest absolute Gasteiger partial charge is 0.214 e. The molecule has 0 amide bonds. The van der Waals surface area contributed by atoms with E-state index in [0.29, 0.717) is 5.88 Å². The summed E-state index contributed by atoms with van der Waals surface area (Å²) in [6.45, 7) is 0.823. The fourth-order valence-electron chi connectivity index (χ4n) is 1.31. The van der Waals surface area contributed by atoms with Gasteiger partial charge in [-0.2, -0.15) is 4.98 Å². The maximum Gasteiger partial charge on any atom is 0.214 e. The first-order chi connectivity index (χ1) is 7.88. The maximum atomic E-state index is 5.05. The van der Waals surface area contributed by atoms with Crippen LogP contribution in [0.5, 0.6) is 5.88 Å². The molecule has 0 aliphatic rings. The molecule has 16 heavy (non-hydrogen) atoms. The number of methoxy groups -OCH3 is 1. The standard InChI is InChI=1S/C11H13N3OS/c1-15-11-4-2-3-10(14-11)12-6-5-9-7-16-8-13-9/h2-4,7-8H,5-6H2,1H3,(H,12,14). The minimum atomic E-state index is 0.624. The molecule has 84 valence electrons. The monoisotopic (exact) mass is 235 g/mol. The number of aromatic nitrogens is 2. The molecule has 0 fully saturated rings. The van der Waals surface area contributed by atoms with E-state index in [0.717, 1.165) is 24.5 Å². The third kappa shape index (κ3) is 2.93. The lowest BCUT2D eigenvalue weighted by atomic mass is 10.3. The number of hydrogen-bond donors (Lipinski definition) is 1. The Morgan fingerprint density at radius 3 is 3.12 bits per heavy atom. The van der Waals surface area contributed by atoms with Crippen molar-refractivity contribution in [1.82, 2.24) is 9.97 Å². The van der Waals surface area contributed by atoms with Gasteiger partial charge in [0.25, 0.3) is 0 Å². The topological polar surface area (TPSA) is 47.0 Å². The molecular formula is C11H13N3OS. The molecule has 0 aliphatic carbocycles. The zero-order valence-electron chi connectivity index (χ0n) is 9.01. The molecular weight excluding hydrogens is 222 g/mol. The van der Waals surface area contributed by atoms with Gasteiger partial charge in [0.2, 0.25) is 5.88 Å². The summed E-state index contributed by atoms with van der Waals surface area (Å²) in [6, 6.07) is 5.66. The van der Waals surface area contributed by atoms with Crippen molar-refractivity contribution >= 4 is 17.2 Å². The quantitative estimate of drug-likeness (QED) is 0.863. The van der Waals surface area contributed by atoms with Crippen molar-refractivity contribution in [2.45, 2.75) is 6.42 Å². The number of anilines is 1. The number of rotatable bonds is 5. The Bertz CT molecular complexity index is 431. The molecule has 2 rings (SSSR count). The summed E-state index contributed by atoms with van der Waals surface area (Å²) >= 11 is 1.62. The van der Waals surface area contributed by atoms with Gasteiger partial charge in [0.15, 0.2) is 0 Å². The second-order valence-electron chi connectivity index (χ2n) is 3.22. The second-order valence-corrected chi connectivity index (χ2v) is 3.94. The van der Waals surface area contributed by atoms with Crippen molar-refractivity contribution in [3.8, 4) is 5.88 Å². The van der Waals surface area contributed by atoms with Crippen LogP contribution in [0.2, 0.25) is 0 Å². The van der Waals surface area contributed by atoms with Crippen LogP contribution in [-0.2, 0) is 6.42 Å². The van der Waals surface area contributed by atoms with Crippen molar-refractivity contribution in [1.29, 1.82) is 0 Å². The van der Waals surface area contributed by atoms with E-state index in [9.17, 15) is 0 Å². The maximum absolute atomic E-state index is 5.05. The third-order valence-corrected chi connectivity index (χ3v) is 2.74. The number of ether oxygens (including phenoxy) is 1. The lowest BCUT2D eigenvalue weighted by Crippen LogP contribution is -2.06. The first kappa shape index (κ1) is 10.9. The van der Waals surface area contributed by atoms with Crippen LogP contribution in [-0.4, -0.2) is 23.6 Å². The highest BCUT2D eigenvalue weighted by Crippen LogP contribution is 2.10. The van der Waals surface area contributed by atoms with Gasteiger partial charge in [-0.1, -0.05) is 6.07 Å². The fraction of sp³-hybridized carbons (Fsp3) is 0.273. The van der Waals surface area contributed by atoms with E-state index in [1.54, 1.807) is 18.4 Å². The van der Waals surface area contributed by atoms with Crippen LogP contribution in [0, 0.1) is 0 Å². The number of nitrogens with zero attached hydrogens (tertiary/aromatic N) is 2. The molecule has 0 aromatic carbocycles. The van der Waals surface area contributed by atoms with Gasteiger partial charge in [-0.15, -0.1) is 11.3 Å². The highest BCUT2D eigenvalue weighted by molar-refractivity contribution is 7.07. The van der Waals surface area contributed by atoms with Crippen LogP contribution < -0.4 is 10.1 Å². The van der Waals surface area contributed by atoms with E-state index in [-0.39, 0.29) is 0 Å². The molecule has 2 aromatic rings. The molecule has 0 radical (unpaired) electrons. The van der Waals surface area contributed by atoms with Crippen LogP contribution in [0.3, 0.4) is 0 Å². The SMILES string of the molecule is COc1cccc(NCCc2cscn2)n1. The lowest BCUT2D eigenvalue weighted by Gasteiger charge is -2.05. The van der Waals surface area contributed by atoms with E-state index in [2.05, 4.69) is 20.7 Å². The molecule has 0 saturated heterocycles. The Morgan fingerprint density at radius 2 is 2.38 bits per heavy atom. The fourth-order valence-corrected chi connectivity index (χ4v) is 1.90. The van der Waals surface area contributed by atoms with Gasteiger partial charge in [0.1, 0.15) is 5.82 Å². The molecule has 0 atom stereocenters. The first-order valence-electron chi connectivity index (χ1n) is 5.00. The molecule has 1 N–H and O–H groups in total. The van der Waals surface area contributed by atoms with E-state index < -0.39 is 0 Å². The summed E-state index contributed by atoms with van der Waals surface area (Å²) in [6.07, 6.45) is 0.905. The van der Waals surface area contributed by atoms with Crippen molar-refractivity contribution in [3.05, 3.63) is 34.8 Å². The summed E-state index contributed by atoms with van der Waals surface area (Å²) in [5.74, 6) is 1.45. The van der Waals surface area contributed by atoms with E-state index in [4.69, 9.17) is 4.74 Å². The van der Waals surface area contributed by atoms with Crippen LogP contribution in [0.15, 0.2) is 29.1 Å². The van der Waals surface area contributed by atoms with E-state index in [1.807, 2.05) is 23.7 Å². The van der Waals surface area contributed by atoms with Crippen LogP contribution in [0.1, 0.15) is 5.69 Å². The van der Waals surface area contributed by atoms with Crippen molar-refractivity contribution in [3.63, 3.8) is 0 Å². The largest absolute Gasteiger partial charge is 0.481 e. The number of thiazole rings is 1. The molecule has 2 heterocycles. The van der Waals surface area contributed by atoms with Gasteiger partial charge in [0, 0.05) is 24.4 Å². The number of hydrogen-bond acceptors (Lipinski definition) is 5. The highest BCUT2D eigenvalue weighted by atomic mass is 32.1. The second kappa shape index (κ2) is 5.46. The summed E-state index contributed by atoms with van der Waals surface area (Å²) in [7, 11) is 1.61. The van der Waals surface area contributed by atoms with Gasteiger partial charge in [0.05, 0.1) is 18.3 Å². The average molecular weight is 235 g/mol. The van der Waals surface area contributed by atoms with E-state index in [1.165, 1.54) is 0 Å². The molecule has 0 saturated carbocycles. The predicted molar refractivity (Wildman–Crippen MR) is 65.1 cm³/mol. The molecule has 4 nitrogen and oxygen atoms in total. The zero-order valence-corrected chi connectivity index (χ0v) is 9.83. The molecule has 0 aliphatic heterocycles. The molecule has 2 aromatic heterocycles. The lowest BCUT2D eigenvalue weighted by molar-refractivity contribution is 0.398. The molecule has 0 spiro atoms. The Kier molecular flexibility index (Phi) is 3.71. The van der Waals surface area contributed by atoms with Crippen molar-refractivity contribution in [2.75, 3.05) is 19.0 Å². The molecule has 5 heteroatoms. The Morgan fingerprint density at radius 1 is 1.44 bits per heavy atom. The Balaban J connectivity index is 1.85. The van der Waals surface area contributed by atoms with Crippen molar-refractivity contribution < 1.29 is 4.74 Å². The van der Waals surface area contributed by atoms with Crippen LogP contribution in [0.25, 0.3) is 0 Å². The van der Waals surface area contributed by atoms with Gasteiger partial charge >= 0.3 is 0 Å². The Hall–Kier alpha value is -1.62. The first-order valence-corrected chi connectivity index (χ1v) is 5.95. The van der Waals surface area contributed by atoms with Gasteiger partial charge in [-0.25, -0.2) is 4.98 Å². The highest BCUT2D eigenvalue weighted by Gasteiger charge is 1.98. The normalized spacial score (nSPS) is 10.1. The zero-order chi connectivity index (χ0) is 11.2. The number of pyridine rings is 1. The van der Waals surface area contributed by atoms with Gasteiger partial charge in [-0.05, 0) is 6.07 Å². The summed E-state index contributed by atoms with van der Waals surface area (Å²) in [5, 5.41) is 5.29. The Labute approximate surface area is 98.3 Å². The van der Waals surface area contributed by atoms with Crippen molar-refractivity contribution in [2.24, 2.45) is 0 Å². The van der Waals surface area contributed by atoms with Crippen LogP contribution in [0.4, 0.5) is 5.82 Å². The van der Waals surface area contributed by atoms with Gasteiger partial charge < -0.3 is 10.1 Å². The van der Waals surface area contributed by atoms with E-state index >= 15 is 0 Å². The third-order valence-electron chi connectivity index (χ3n) is 2.10. The minimum absolute atomic E-state index is 0.624. The number of nitrogens with one attached hydrogen (secondary N) is 1. The average Bonchev–Trinajstić information content (AvgIpc) is 2.82. The summed E-state index contributed by atoms with van der Waals surface area (Å²) < 4.78 is 5.05. The molecule has 0 bridgehead atoms. The molecule has 0 unspecified atom stereocenters. The minimum Gasteiger partial charge on any atom is -0.481 e. The summed E-state index contributed by atoms with van der Waals surface area (Å²) in [5.41, 5.74) is 2.96.